The second-order valence-electron chi connectivity index (χ2n) is 4.68. The second kappa shape index (κ2) is 5.61. The molecular weight excluding hydrogens is 254 g/mol. The van der Waals surface area contributed by atoms with Crippen molar-refractivity contribution < 1.29 is 10.0 Å². The van der Waals surface area contributed by atoms with E-state index in [1.807, 2.05) is 36.4 Å². The highest BCUT2D eigenvalue weighted by Crippen LogP contribution is 2.17. The van der Waals surface area contributed by atoms with Gasteiger partial charge in [0.05, 0.1) is 6.04 Å². The van der Waals surface area contributed by atoms with Crippen LogP contribution in [-0.2, 0) is 0 Å². The average Bonchev–Trinajstić information content (AvgIpc) is 2.51. The van der Waals surface area contributed by atoms with Gasteiger partial charge in [-0.1, -0.05) is 35.5 Å². The molecule has 5 heteroatoms. The molecule has 5 nitrogen and oxygen atoms in total. The van der Waals surface area contributed by atoms with Crippen LogP contribution in [0.15, 0.2) is 47.6 Å². The first-order valence-electron chi connectivity index (χ1n) is 6.28. The number of nitrogens with zero attached hydrogens (tertiary/aromatic N) is 2. The standard InChI is InChI=1S/C15H17N3O2/c1-10(14(16)17-20)18(2)15(19)13-8-7-11-5-3-4-6-12(11)9-13/h3-10,20H,1-2H3,(H2,16,17). The minimum Gasteiger partial charge on any atom is -0.409 e. The van der Waals surface area contributed by atoms with E-state index in [-0.39, 0.29) is 11.7 Å². The third-order valence-electron chi connectivity index (χ3n) is 3.44. The second-order valence-corrected chi connectivity index (χ2v) is 4.68. The predicted molar refractivity (Wildman–Crippen MR) is 78.9 cm³/mol. The first-order chi connectivity index (χ1) is 9.54. The molecule has 0 aromatic heterocycles. The van der Waals surface area contributed by atoms with Crippen molar-refractivity contribution in [2.24, 2.45) is 10.9 Å². The van der Waals surface area contributed by atoms with E-state index in [9.17, 15) is 4.79 Å². The Hall–Kier alpha value is -2.56. The van der Waals surface area contributed by atoms with Crippen LogP contribution < -0.4 is 5.73 Å². The van der Waals surface area contributed by atoms with Crippen LogP contribution in [0.5, 0.6) is 0 Å². The van der Waals surface area contributed by atoms with Crippen LogP contribution in [-0.4, -0.2) is 34.9 Å². The summed E-state index contributed by atoms with van der Waals surface area (Å²) in [6.45, 7) is 1.70. The van der Waals surface area contributed by atoms with Gasteiger partial charge in [0, 0.05) is 12.6 Å². The molecule has 0 aliphatic rings. The molecule has 2 rings (SSSR count). The molecule has 0 bridgehead atoms. The van der Waals surface area contributed by atoms with E-state index in [4.69, 9.17) is 10.9 Å². The summed E-state index contributed by atoms with van der Waals surface area (Å²) in [6.07, 6.45) is 0. The van der Waals surface area contributed by atoms with Crippen molar-refractivity contribution in [3.05, 3.63) is 48.0 Å². The summed E-state index contributed by atoms with van der Waals surface area (Å²) in [5, 5.41) is 13.7. The topological polar surface area (TPSA) is 78.9 Å². The zero-order valence-corrected chi connectivity index (χ0v) is 11.4. The largest absolute Gasteiger partial charge is 0.409 e. The van der Waals surface area contributed by atoms with E-state index in [0.717, 1.165) is 10.8 Å². The van der Waals surface area contributed by atoms with Gasteiger partial charge in [-0.05, 0) is 29.8 Å². The van der Waals surface area contributed by atoms with Crippen LogP contribution in [0, 0.1) is 0 Å². The lowest BCUT2D eigenvalue weighted by atomic mass is 10.1. The van der Waals surface area contributed by atoms with Gasteiger partial charge in [-0.3, -0.25) is 4.79 Å². The van der Waals surface area contributed by atoms with Crippen LogP contribution in [0.25, 0.3) is 10.8 Å². The molecule has 0 radical (unpaired) electrons. The Kier molecular flexibility index (Phi) is 3.89. The third kappa shape index (κ3) is 2.56. The molecule has 0 spiro atoms. The highest BCUT2D eigenvalue weighted by Gasteiger charge is 2.20. The molecule has 0 aliphatic carbocycles. The van der Waals surface area contributed by atoms with Crippen molar-refractivity contribution in [1.82, 2.24) is 4.90 Å². The van der Waals surface area contributed by atoms with Gasteiger partial charge in [0.25, 0.3) is 5.91 Å². The van der Waals surface area contributed by atoms with Crippen molar-refractivity contribution in [2.75, 3.05) is 7.05 Å². The molecule has 0 aliphatic heterocycles. The molecule has 0 saturated heterocycles. The van der Waals surface area contributed by atoms with Crippen LogP contribution in [0.1, 0.15) is 17.3 Å². The lowest BCUT2D eigenvalue weighted by Crippen LogP contribution is -2.43. The molecule has 1 unspecified atom stereocenters. The number of carbonyl (C=O) groups is 1. The molecule has 1 amide bonds. The maximum atomic E-state index is 12.4. The van der Waals surface area contributed by atoms with Gasteiger partial charge in [-0.25, -0.2) is 0 Å². The predicted octanol–water partition coefficient (Wildman–Crippen LogP) is 2.05. The van der Waals surface area contributed by atoms with E-state index in [1.165, 1.54) is 4.90 Å². The van der Waals surface area contributed by atoms with Gasteiger partial charge in [0.2, 0.25) is 0 Å². The Labute approximate surface area is 117 Å². The fraction of sp³-hybridized carbons (Fsp3) is 0.200. The van der Waals surface area contributed by atoms with E-state index < -0.39 is 6.04 Å². The molecule has 2 aromatic carbocycles. The number of amidine groups is 1. The summed E-state index contributed by atoms with van der Waals surface area (Å²) in [7, 11) is 1.63. The van der Waals surface area contributed by atoms with E-state index in [0.29, 0.717) is 5.56 Å². The van der Waals surface area contributed by atoms with Gasteiger partial charge in [-0.15, -0.1) is 0 Å². The summed E-state index contributed by atoms with van der Waals surface area (Å²) in [5.74, 6) is -0.170. The van der Waals surface area contributed by atoms with Gasteiger partial charge >= 0.3 is 0 Å². The number of carbonyl (C=O) groups excluding carboxylic acids is 1. The maximum Gasteiger partial charge on any atom is 0.254 e. The minimum absolute atomic E-state index is 0.00152. The normalized spacial score (nSPS) is 13.2. The molecule has 1 atom stereocenters. The van der Waals surface area contributed by atoms with E-state index >= 15 is 0 Å². The van der Waals surface area contributed by atoms with Crippen LogP contribution >= 0.6 is 0 Å². The van der Waals surface area contributed by atoms with Crippen LogP contribution in [0.4, 0.5) is 0 Å². The van der Waals surface area contributed by atoms with Crippen molar-refractivity contribution >= 4 is 22.5 Å². The quantitative estimate of drug-likeness (QED) is 0.388. The summed E-state index contributed by atoms with van der Waals surface area (Å²) >= 11 is 0. The molecule has 3 N–H and O–H groups in total. The Morgan fingerprint density at radius 1 is 1.25 bits per heavy atom. The number of hydrogen-bond donors (Lipinski definition) is 2. The highest BCUT2D eigenvalue weighted by atomic mass is 16.4. The monoisotopic (exact) mass is 271 g/mol. The number of amides is 1. The Bertz CT molecular complexity index is 667. The molecule has 0 heterocycles. The van der Waals surface area contributed by atoms with E-state index in [1.54, 1.807) is 20.0 Å². The number of hydrogen-bond acceptors (Lipinski definition) is 3. The molecule has 0 fully saturated rings. The van der Waals surface area contributed by atoms with Crippen molar-refractivity contribution in [2.45, 2.75) is 13.0 Å². The number of nitrogens with two attached hydrogens (primary N) is 1. The van der Waals surface area contributed by atoms with Gasteiger partial charge in [-0.2, -0.15) is 0 Å². The summed E-state index contributed by atoms with van der Waals surface area (Å²) in [5.41, 5.74) is 6.10. The minimum atomic E-state index is -0.473. The lowest BCUT2D eigenvalue weighted by Gasteiger charge is -2.23. The lowest BCUT2D eigenvalue weighted by molar-refractivity contribution is 0.0776. The molecule has 104 valence electrons. The fourth-order valence-corrected chi connectivity index (χ4v) is 1.98. The van der Waals surface area contributed by atoms with E-state index in [2.05, 4.69) is 5.16 Å². The number of benzene rings is 2. The van der Waals surface area contributed by atoms with Gasteiger partial charge < -0.3 is 15.8 Å². The molecule has 0 saturated carbocycles. The van der Waals surface area contributed by atoms with Crippen molar-refractivity contribution in [1.29, 1.82) is 0 Å². The molecule has 2 aromatic rings. The molecule has 20 heavy (non-hydrogen) atoms. The zero-order valence-electron chi connectivity index (χ0n) is 11.4. The van der Waals surface area contributed by atoms with Crippen LogP contribution in [0.2, 0.25) is 0 Å². The summed E-state index contributed by atoms with van der Waals surface area (Å²) in [4.78, 5) is 13.8. The number of likely N-dealkylation sites (N-methyl/N-ethyl adjacent to an activating group) is 1. The first kappa shape index (κ1) is 13.9. The van der Waals surface area contributed by atoms with Crippen LogP contribution in [0.3, 0.4) is 0 Å². The van der Waals surface area contributed by atoms with Gasteiger partial charge in [0.1, 0.15) is 0 Å². The first-order valence-corrected chi connectivity index (χ1v) is 6.28. The Balaban J connectivity index is 2.31. The number of oxime groups is 1. The SMILES string of the molecule is CC(C(N)=NO)N(C)C(=O)c1ccc2ccccc2c1. The smallest absolute Gasteiger partial charge is 0.254 e. The summed E-state index contributed by atoms with van der Waals surface area (Å²) in [6, 6.07) is 12.9. The maximum absolute atomic E-state index is 12.4. The zero-order chi connectivity index (χ0) is 14.7. The van der Waals surface area contributed by atoms with Gasteiger partial charge in [0.15, 0.2) is 5.84 Å². The number of fused-ring (bicyclic) bond motifs is 1. The summed E-state index contributed by atoms with van der Waals surface area (Å²) < 4.78 is 0. The highest BCUT2D eigenvalue weighted by molar-refractivity contribution is 6.00. The Morgan fingerprint density at radius 3 is 2.55 bits per heavy atom. The third-order valence-corrected chi connectivity index (χ3v) is 3.44. The van der Waals surface area contributed by atoms with Crippen molar-refractivity contribution in [3.8, 4) is 0 Å². The number of rotatable bonds is 3. The van der Waals surface area contributed by atoms with Crippen molar-refractivity contribution in [3.63, 3.8) is 0 Å². The molecular formula is C15H17N3O2. The Morgan fingerprint density at radius 2 is 1.90 bits per heavy atom. The average molecular weight is 271 g/mol. The fourth-order valence-electron chi connectivity index (χ4n) is 1.98.